The zero-order valence-corrected chi connectivity index (χ0v) is 20.3. The smallest absolute Gasteiger partial charge is 0.264 e. The number of nitrogens with zero attached hydrogens (tertiary/aromatic N) is 2. The second-order valence-electron chi connectivity index (χ2n) is 9.25. The molecule has 2 N–H and O–H groups in total. The summed E-state index contributed by atoms with van der Waals surface area (Å²) in [6.45, 7) is 9.72. The Bertz CT molecular complexity index is 997. The Morgan fingerprint density at radius 1 is 1.06 bits per heavy atom. The van der Waals surface area contributed by atoms with Gasteiger partial charge in [-0.25, -0.2) is 8.42 Å². The van der Waals surface area contributed by atoms with E-state index in [2.05, 4.69) is 4.90 Å². The predicted molar refractivity (Wildman–Crippen MR) is 128 cm³/mol. The van der Waals surface area contributed by atoms with Gasteiger partial charge in [-0.05, 0) is 61.9 Å². The number of hydrogen-bond acceptors (Lipinski definition) is 5. The van der Waals surface area contributed by atoms with Gasteiger partial charge < -0.3 is 10.2 Å². The van der Waals surface area contributed by atoms with Gasteiger partial charge in [0.2, 0.25) is 0 Å². The Kier molecular flexibility index (Phi) is 7.98. The summed E-state index contributed by atoms with van der Waals surface area (Å²) < 4.78 is 28.8. The highest BCUT2D eigenvalue weighted by atomic mass is 32.2. The molecule has 1 aliphatic rings. The van der Waals surface area contributed by atoms with Gasteiger partial charge >= 0.3 is 0 Å². The van der Waals surface area contributed by atoms with Gasteiger partial charge in [0.25, 0.3) is 10.0 Å². The van der Waals surface area contributed by atoms with Crippen LogP contribution in [0.5, 0.6) is 0 Å². The van der Waals surface area contributed by atoms with Crippen molar-refractivity contribution in [2.24, 2.45) is 5.92 Å². The van der Waals surface area contributed by atoms with Crippen molar-refractivity contribution in [3.05, 3.63) is 59.2 Å². The molecule has 1 atom stereocenters. The number of sulfonamides is 1. The minimum atomic E-state index is -3.74. The molecule has 32 heavy (non-hydrogen) atoms. The van der Waals surface area contributed by atoms with Crippen LogP contribution in [0.1, 0.15) is 49.4 Å². The lowest BCUT2D eigenvalue weighted by Gasteiger charge is -2.35. The molecule has 0 amide bonds. The van der Waals surface area contributed by atoms with Gasteiger partial charge in [-0.3, -0.25) is 9.21 Å². The van der Waals surface area contributed by atoms with Crippen molar-refractivity contribution in [3.8, 4) is 0 Å². The lowest BCUT2D eigenvalue weighted by atomic mass is 10.0. The zero-order chi connectivity index (χ0) is 23.5. The fourth-order valence-corrected chi connectivity index (χ4v) is 6.05. The van der Waals surface area contributed by atoms with Crippen molar-refractivity contribution in [3.63, 3.8) is 0 Å². The molecule has 1 heterocycles. The third kappa shape index (κ3) is 5.52. The molecule has 7 heteroatoms. The minimum absolute atomic E-state index is 0.0514. The maximum Gasteiger partial charge on any atom is 0.264 e. The monoisotopic (exact) mass is 460 g/mol. The van der Waals surface area contributed by atoms with E-state index in [1.54, 1.807) is 24.3 Å². The first-order valence-corrected chi connectivity index (χ1v) is 12.8. The topological polar surface area (TPSA) is 81.1 Å². The summed E-state index contributed by atoms with van der Waals surface area (Å²) in [5, 5.41) is 19.7. The third-order valence-corrected chi connectivity index (χ3v) is 7.91. The van der Waals surface area contributed by atoms with Gasteiger partial charge in [-0.2, -0.15) is 0 Å². The predicted octanol–water partition coefficient (Wildman–Crippen LogP) is 3.64. The number of rotatable bonds is 8. The van der Waals surface area contributed by atoms with E-state index in [1.807, 2.05) is 45.9 Å². The largest absolute Gasteiger partial charge is 0.394 e. The summed E-state index contributed by atoms with van der Waals surface area (Å²) in [6.07, 6.45) is 1.08. The summed E-state index contributed by atoms with van der Waals surface area (Å²) >= 11 is 0. The maximum atomic E-state index is 13.6. The van der Waals surface area contributed by atoms with Gasteiger partial charge in [0.05, 0.1) is 29.3 Å². The van der Waals surface area contributed by atoms with Gasteiger partial charge in [0.1, 0.15) is 0 Å². The van der Waals surface area contributed by atoms with Crippen LogP contribution in [0.25, 0.3) is 0 Å². The highest BCUT2D eigenvalue weighted by Crippen LogP contribution is 2.30. The van der Waals surface area contributed by atoms with Crippen LogP contribution >= 0.6 is 0 Å². The average Bonchev–Trinajstić information content (AvgIpc) is 2.74. The number of likely N-dealkylation sites (tertiary alicyclic amines) is 1. The van der Waals surface area contributed by atoms with Crippen LogP contribution in [-0.4, -0.2) is 55.9 Å². The first kappa shape index (κ1) is 24.7. The molecule has 0 aliphatic carbocycles. The molecule has 0 saturated carbocycles. The molecule has 1 saturated heterocycles. The standard InChI is InChI=1S/C25H36N2O4S/c1-18(2)16-27(24-10-5-19(3)15-20(24)4)32(30,31)23-8-6-21(7-9-23)25(17-28)26-13-11-22(29)12-14-26/h5-10,15,18,22,25,28-29H,11-14,16-17H2,1-4H3. The van der Waals surface area contributed by atoms with Crippen molar-refractivity contribution < 1.29 is 18.6 Å². The maximum absolute atomic E-state index is 13.6. The molecule has 0 aromatic heterocycles. The molecule has 0 spiro atoms. The van der Waals surface area contributed by atoms with E-state index in [0.717, 1.165) is 16.7 Å². The minimum Gasteiger partial charge on any atom is -0.394 e. The normalized spacial score (nSPS) is 17.0. The Labute approximate surface area is 192 Å². The highest BCUT2D eigenvalue weighted by Gasteiger charge is 2.28. The quantitative estimate of drug-likeness (QED) is 0.629. The number of aryl methyl sites for hydroxylation is 2. The van der Waals surface area contributed by atoms with Crippen molar-refractivity contribution in [2.45, 2.75) is 57.6 Å². The van der Waals surface area contributed by atoms with Crippen molar-refractivity contribution in [2.75, 3.05) is 30.5 Å². The van der Waals surface area contributed by atoms with E-state index in [4.69, 9.17) is 0 Å². The second-order valence-corrected chi connectivity index (χ2v) is 11.1. The molecule has 6 nitrogen and oxygen atoms in total. The van der Waals surface area contributed by atoms with Crippen LogP contribution in [0, 0.1) is 19.8 Å². The molecule has 176 valence electrons. The summed E-state index contributed by atoms with van der Waals surface area (Å²) in [5.74, 6) is 0.165. The van der Waals surface area contributed by atoms with Crippen molar-refractivity contribution in [1.82, 2.24) is 4.90 Å². The number of piperidine rings is 1. The van der Waals surface area contributed by atoms with Crippen LogP contribution in [0.2, 0.25) is 0 Å². The SMILES string of the molecule is Cc1ccc(N(CC(C)C)S(=O)(=O)c2ccc(C(CO)N3CCC(O)CC3)cc2)c(C)c1. The van der Waals surface area contributed by atoms with Crippen LogP contribution in [-0.2, 0) is 10.0 Å². The lowest BCUT2D eigenvalue weighted by Crippen LogP contribution is -2.39. The molecule has 3 rings (SSSR count). The molecule has 1 aliphatic heterocycles. The number of anilines is 1. The average molecular weight is 461 g/mol. The van der Waals surface area contributed by atoms with E-state index in [-0.39, 0.29) is 29.6 Å². The molecular weight excluding hydrogens is 424 g/mol. The molecule has 0 radical (unpaired) electrons. The second kappa shape index (κ2) is 10.3. The summed E-state index contributed by atoms with van der Waals surface area (Å²) in [6, 6.07) is 12.5. The van der Waals surface area contributed by atoms with Gasteiger partial charge in [-0.1, -0.05) is 43.7 Å². The molecule has 2 aromatic carbocycles. The molecular formula is C25H36N2O4S. The lowest BCUT2D eigenvalue weighted by molar-refractivity contribution is 0.0417. The Hall–Kier alpha value is -1.93. The number of aliphatic hydroxyl groups excluding tert-OH is 2. The van der Waals surface area contributed by atoms with Gasteiger partial charge in [0, 0.05) is 19.6 Å². The van der Waals surface area contributed by atoms with E-state index < -0.39 is 10.0 Å². The Morgan fingerprint density at radius 3 is 2.22 bits per heavy atom. The van der Waals surface area contributed by atoms with Gasteiger partial charge in [0.15, 0.2) is 0 Å². The first-order valence-electron chi connectivity index (χ1n) is 11.4. The zero-order valence-electron chi connectivity index (χ0n) is 19.5. The molecule has 1 unspecified atom stereocenters. The first-order chi connectivity index (χ1) is 15.1. The Balaban J connectivity index is 1.90. The third-order valence-electron chi connectivity index (χ3n) is 6.12. The van der Waals surface area contributed by atoms with E-state index in [9.17, 15) is 18.6 Å². The number of benzene rings is 2. The molecule has 1 fully saturated rings. The summed E-state index contributed by atoms with van der Waals surface area (Å²) in [4.78, 5) is 2.39. The van der Waals surface area contributed by atoms with Crippen LogP contribution in [0.3, 0.4) is 0 Å². The number of hydrogen-bond donors (Lipinski definition) is 2. The van der Waals surface area contributed by atoms with Gasteiger partial charge in [-0.15, -0.1) is 0 Å². The fourth-order valence-electron chi connectivity index (χ4n) is 4.36. The highest BCUT2D eigenvalue weighted by molar-refractivity contribution is 7.92. The molecule has 2 aromatic rings. The Morgan fingerprint density at radius 2 is 1.69 bits per heavy atom. The molecule has 0 bridgehead atoms. The fraction of sp³-hybridized carbons (Fsp3) is 0.520. The number of aliphatic hydroxyl groups is 2. The van der Waals surface area contributed by atoms with Crippen LogP contribution in [0.15, 0.2) is 47.4 Å². The van der Waals surface area contributed by atoms with E-state index in [0.29, 0.717) is 38.2 Å². The van der Waals surface area contributed by atoms with E-state index in [1.165, 1.54) is 4.31 Å². The summed E-state index contributed by atoms with van der Waals surface area (Å²) in [7, 11) is -3.74. The van der Waals surface area contributed by atoms with Crippen LogP contribution < -0.4 is 4.31 Å². The summed E-state index contributed by atoms with van der Waals surface area (Å²) in [5.41, 5.74) is 3.61. The van der Waals surface area contributed by atoms with Crippen molar-refractivity contribution >= 4 is 15.7 Å². The van der Waals surface area contributed by atoms with E-state index >= 15 is 0 Å². The van der Waals surface area contributed by atoms with Crippen molar-refractivity contribution in [1.29, 1.82) is 0 Å². The van der Waals surface area contributed by atoms with Crippen LogP contribution in [0.4, 0.5) is 5.69 Å².